The summed E-state index contributed by atoms with van der Waals surface area (Å²) in [7, 11) is 0. The molecule has 13 N–H and O–H groups in total. The van der Waals surface area contributed by atoms with Crippen LogP contribution in [0.25, 0.3) is 0 Å². The summed E-state index contributed by atoms with van der Waals surface area (Å²) in [5, 5.41) is 142. The molecule has 28 atom stereocenters. The van der Waals surface area contributed by atoms with Gasteiger partial charge in [-0.05, 0) is 84.5 Å². The number of allylic oxidation sites excluding steroid dienone is 1. The molecule has 4 heterocycles. The third-order valence-electron chi connectivity index (χ3n) is 18.5. The Labute approximate surface area is 441 Å². The number of aliphatic hydroxyl groups excluding tert-OH is 13. The number of ketones is 1. The SMILES string of the molecule is CC(=O)OCC1O[C@@H](O[C@H]2CC[C@@]3(C)C(=CC[C@H]4C5C(=O)CC(C(CO)CCCC(C)C)[C@@]5(C)CCC43)[C@H]2O)C(O)C(O[C@@H]2OC[C@@H](O)C(O)C2O[C@H]2OC(CO)[C@H](O)C(O)C2O)[C@@H]1O[C@@H]1OC(CO)[C@H](O)C(O)C1O. The van der Waals surface area contributed by atoms with Crippen molar-refractivity contribution in [2.45, 2.75) is 221 Å². The fourth-order valence-corrected chi connectivity index (χ4v) is 14.3. The van der Waals surface area contributed by atoms with Crippen molar-refractivity contribution in [3.05, 3.63) is 11.6 Å². The highest BCUT2D eigenvalue weighted by Gasteiger charge is 2.64. The predicted molar refractivity (Wildman–Crippen MR) is 256 cm³/mol. The molecule has 3 saturated carbocycles. The molecule has 4 aliphatic carbocycles. The smallest absolute Gasteiger partial charge is 0.302 e. The van der Waals surface area contributed by atoms with Gasteiger partial charge in [-0.2, -0.15) is 0 Å². The monoisotopic (exact) mass is 1090 g/mol. The molecule has 0 aromatic carbocycles. The average molecular weight is 1090 g/mol. The second-order valence-electron chi connectivity index (χ2n) is 23.6. The Morgan fingerprint density at radius 3 is 1.88 bits per heavy atom. The van der Waals surface area contributed by atoms with Crippen molar-refractivity contribution in [1.82, 2.24) is 0 Å². The van der Waals surface area contributed by atoms with Gasteiger partial charge in [0.15, 0.2) is 25.2 Å². The minimum atomic E-state index is -2.01. The van der Waals surface area contributed by atoms with Gasteiger partial charge in [0.1, 0.15) is 110 Å². The zero-order valence-corrected chi connectivity index (χ0v) is 43.9. The second-order valence-corrected chi connectivity index (χ2v) is 23.6. The van der Waals surface area contributed by atoms with Gasteiger partial charge in [0.25, 0.3) is 0 Å². The van der Waals surface area contributed by atoms with Crippen LogP contribution in [0.15, 0.2) is 11.6 Å². The first-order chi connectivity index (χ1) is 36.0. The molecular weight excluding hydrogens is 1010 g/mol. The second kappa shape index (κ2) is 24.6. The van der Waals surface area contributed by atoms with Gasteiger partial charge in [-0.3, -0.25) is 9.59 Å². The summed E-state index contributed by atoms with van der Waals surface area (Å²) in [6.45, 7) is 6.88. The molecule has 4 aliphatic heterocycles. The Morgan fingerprint density at radius 1 is 0.697 bits per heavy atom. The Bertz CT molecular complexity index is 1980. The van der Waals surface area contributed by atoms with Crippen molar-refractivity contribution in [3.63, 3.8) is 0 Å². The highest BCUT2D eigenvalue weighted by atomic mass is 16.8. The number of fused-ring (bicyclic) bond motifs is 5. The number of rotatable bonds is 18. The molecular formula is C52H84O24. The Hall–Kier alpha value is -1.96. The highest BCUT2D eigenvalue weighted by Crippen LogP contribution is 2.66. The first kappa shape index (κ1) is 60.1. The van der Waals surface area contributed by atoms with Gasteiger partial charge in [0, 0.05) is 25.9 Å². The summed E-state index contributed by atoms with van der Waals surface area (Å²) in [6.07, 6.45) is -28.5. The van der Waals surface area contributed by atoms with Crippen molar-refractivity contribution in [3.8, 4) is 0 Å². The Morgan fingerprint density at radius 2 is 1.29 bits per heavy atom. The third kappa shape index (κ3) is 11.6. The van der Waals surface area contributed by atoms with E-state index in [0.717, 1.165) is 39.0 Å². The number of carbonyl (C=O) groups excluding carboxylic acids is 2. The van der Waals surface area contributed by atoms with E-state index in [1.165, 1.54) is 0 Å². The summed E-state index contributed by atoms with van der Waals surface area (Å²) in [5.41, 5.74) is -0.112. The summed E-state index contributed by atoms with van der Waals surface area (Å²) in [4.78, 5) is 26.6. The molecule has 0 aromatic rings. The van der Waals surface area contributed by atoms with Crippen LogP contribution in [-0.4, -0.2) is 240 Å². The molecule has 0 amide bonds. The zero-order valence-electron chi connectivity index (χ0n) is 43.9. The summed E-state index contributed by atoms with van der Waals surface area (Å²) < 4.78 is 53.6. The van der Waals surface area contributed by atoms with Gasteiger partial charge in [0.2, 0.25) is 0 Å². The normalized spacial score (nSPS) is 49.1. The van der Waals surface area contributed by atoms with Crippen LogP contribution in [0.2, 0.25) is 0 Å². The first-order valence-electron chi connectivity index (χ1n) is 27.2. The summed E-state index contributed by atoms with van der Waals surface area (Å²) >= 11 is 0. The predicted octanol–water partition coefficient (Wildman–Crippen LogP) is -2.98. The fraction of sp³-hybridized carbons (Fsp3) is 0.923. The third-order valence-corrected chi connectivity index (χ3v) is 18.5. The lowest BCUT2D eigenvalue weighted by Gasteiger charge is -2.59. The van der Waals surface area contributed by atoms with Gasteiger partial charge < -0.3 is 109 Å². The summed E-state index contributed by atoms with van der Waals surface area (Å²) in [5.74, 6) is -0.0674. The number of carbonyl (C=O) groups is 2. The van der Waals surface area contributed by atoms with E-state index in [1.807, 2.05) is 6.08 Å². The lowest BCUT2D eigenvalue weighted by Crippen LogP contribution is -2.68. The minimum Gasteiger partial charge on any atom is -0.463 e. The number of Topliss-reactive ketones (excluding diaryl/α,β-unsaturated/α-hetero) is 1. The molecule has 436 valence electrons. The van der Waals surface area contributed by atoms with Crippen molar-refractivity contribution in [2.75, 3.05) is 33.0 Å². The van der Waals surface area contributed by atoms with Crippen molar-refractivity contribution < 1.29 is 119 Å². The van der Waals surface area contributed by atoms with Gasteiger partial charge in [-0.25, -0.2) is 0 Å². The molecule has 7 fully saturated rings. The fourth-order valence-electron chi connectivity index (χ4n) is 14.3. The maximum Gasteiger partial charge on any atom is 0.302 e. The number of hydrogen-bond acceptors (Lipinski definition) is 24. The van der Waals surface area contributed by atoms with E-state index in [2.05, 4.69) is 27.7 Å². The van der Waals surface area contributed by atoms with Crippen LogP contribution in [0.3, 0.4) is 0 Å². The Balaban J connectivity index is 1.07. The standard InChI is InChI=1S/C52H84O24/c1-21(2)7-6-8-23(16-53)27-15-28(57)34-24-9-10-26-35(59)30(12-14-51(26,4)25(24)11-13-52(27,34)5)70-49-43(67)45(44(33(73-49)20-68-22(3)56)74-47-41(65)39(63)37(61)31(17-54)71-47)75-50-46(36(60)29(58)19-69-50)76-48-42(66)40(64)38(62)32(18-55)72-48/h10,21,23-25,27,29-50,53-55,58-67H,6-9,11-20H2,1-5H3/t23?,24-,25?,27?,29-,30+,31?,32?,33?,34?,35-,36?,37+,38+,39?,40?,41?,42?,43?,44-,45?,46?,47+,48-,49-,50+,51-,52-/m1/s1. The van der Waals surface area contributed by atoms with Gasteiger partial charge in [0.05, 0.1) is 25.9 Å². The van der Waals surface area contributed by atoms with E-state index < -0.39 is 167 Å². The first-order valence-corrected chi connectivity index (χ1v) is 27.2. The molecule has 8 rings (SSSR count). The lowest BCUT2D eigenvalue weighted by molar-refractivity contribution is -0.397. The van der Waals surface area contributed by atoms with Crippen molar-refractivity contribution in [1.29, 1.82) is 0 Å². The zero-order chi connectivity index (χ0) is 55.3. The maximum atomic E-state index is 14.2. The van der Waals surface area contributed by atoms with Crippen LogP contribution in [0.1, 0.15) is 92.4 Å². The van der Waals surface area contributed by atoms with Crippen LogP contribution >= 0.6 is 0 Å². The highest BCUT2D eigenvalue weighted by molar-refractivity contribution is 5.85. The lowest BCUT2D eigenvalue weighted by atomic mass is 9.46. The van der Waals surface area contributed by atoms with Crippen LogP contribution in [-0.2, 0) is 52.2 Å². The van der Waals surface area contributed by atoms with Gasteiger partial charge >= 0.3 is 5.97 Å². The van der Waals surface area contributed by atoms with Crippen LogP contribution in [0, 0.1) is 46.3 Å². The molecule has 0 radical (unpaired) electrons. The topological polar surface area (TPSA) is 380 Å². The van der Waals surface area contributed by atoms with Crippen molar-refractivity contribution in [2.24, 2.45) is 46.3 Å². The maximum absolute atomic E-state index is 14.2. The molecule has 8 aliphatic rings. The molecule has 0 bridgehead atoms. The molecule has 76 heavy (non-hydrogen) atoms. The van der Waals surface area contributed by atoms with Gasteiger partial charge in [-0.1, -0.05) is 46.6 Å². The van der Waals surface area contributed by atoms with E-state index >= 15 is 0 Å². The van der Waals surface area contributed by atoms with E-state index in [0.29, 0.717) is 30.8 Å². The van der Waals surface area contributed by atoms with E-state index in [1.54, 1.807) is 0 Å². The quantitative estimate of drug-likeness (QED) is 0.0481. The number of esters is 1. The molecule has 0 aromatic heterocycles. The van der Waals surface area contributed by atoms with Crippen molar-refractivity contribution >= 4 is 11.8 Å². The van der Waals surface area contributed by atoms with E-state index in [4.69, 9.17) is 42.6 Å². The Kier molecular flexibility index (Phi) is 19.5. The van der Waals surface area contributed by atoms with E-state index in [9.17, 15) is 76.0 Å². The summed E-state index contributed by atoms with van der Waals surface area (Å²) in [6, 6.07) is 0. The number of hydrogen-bond donors (Lipinski definition) is 13. The molecule has 24 heteroatoms. The minimum absolute atomic E-state index is 0.0175. The number of ether oxygens (including phenoxy) is 9. The molecule has 0 spiro atoms. The van der Waals surface area contributed by atoms with Crippen LogP contribution < -0.4 is 0 Å². The molecule has 24 nitrogen and oxygen atoms in total. The van der Waals surface area contributed by atoms with Crippen LogP contribution in [0.4, 0.5) is 0 Å². The molecule has 4 saturated heterocycles. The average Bonchev–Trinajstić information content (AvgIpc) is 3.66. The van der Waals surface area contributed by atoms with Gasteiger partial charge in [-0.15, -0.1) is 0 Å². The largest absolute Gasteiger partial charge is 0.463 e. The number of aliphatic hydroxyl groups is 13. The molecule has 15 unspecified atom stereocenters. The van der Waals surface area contributed by atoms with E-state index in [-0.39, 0.29) is 53.8 Å². The van der Waals surface area contributed by atoms with Crippen LogP contribution in [0.5, 0.6) is 0 Å².